The smallest absolute Gasteiger partial charge is 0.251 e. The Morgan fingerprint density at radius 1 is 0.882 bits per heavy atom. The summed E-state index contributed by atoms with van der Waals surface area (Å²) in [7, 11) is -3.81. The minimum absolute atomic E-state index is 0.132. The summed E-state index contributed by atoms with van der Waals surface area (Å²) in [4.78, 5) is 15.1. The van der Waals surface area contributed by atoms with Crippen LogP contribution in [0.25, 0.3) is 0 Å². The number of nitrogens with zero attached hydrogens (tertiary/aromatic N) is 2. The number of hydrogen-bond acceptors (Lipinski definition) is 8. The van der Waals surface area contributed by atoms with Crippen molar-refractivity contribution in [2.75, 3.05) is 64.3 Å². The molecule has 0 unspecified atom stereocenters. The van der Waals surface area contributed by atoms with Gasteiger partial charge in [-0.2, -0.15) is 4.31 Å². The average Bonchev–Trinajstić information content (AvgIpc) is 3.36. The van der Waals surface area contributed by atoms with Crippen LogP contribution in [0.1, 0.15) is 15.9 Å². The van der Waals surface area contributed by atoms with Crippen LogP contribution in [0.5, 0.6) is 11.5 Å². The highest BCUT2D eigenvalue weighted by molar-refractivity contribution is 7.89. The molecule has 182 valence electrons. The summed E-state index contributed by atoms with van der Waals surface area (Å²) in [5.74, 6) is 0.955. The van der Waals surface area contributed by atoms with Crippen LogP contribution >= 0.6 is 0 Å². The Balaban J connectivity index is 1.39. The lowest BCUT2D eigenvalue weighted by molar-refractivity contribution is 0.0730. The van der Waals surface area contributed by atoms with E-state index in [0.717, 1.165) is 5.56 Å². The van der Waals surface area contributed by atoms with E-state index in [4.69, 9.17) is 18.9 Å². The molecule has 0 aliphatic carbocycles. The number of anilines is 1. The second-order valence-corrected chi connectivity index (χ2v) is 10.1. The number of carbonyl (C=O) groups is 1. The van der Waals surface area contributed by atoms with Crippen molar-refractivity contribution in [2.45, 2.75) is 11.4 Å². The Hall–Kier alpha value is -2.86. The van der Waals surface area contributed by atoms with Gasteiger partial charge in [0.15, 0.2) is 11.5 Å². The molecule has 0 radical (unpaired) electrons. The minimum Gasteiger partial charge on any atom is -0.454 e. The standard InChI is InChI=1S/C23H27N3O7S/c27-23(24-15-17-1-4-20-21(13-17)33-16-32-20)18-2-3-19(25-5-9-30-10-6-25)22(14-18)34(28,29)26-7-11-31-12-8-26/h1-4,13-14H,5-12,15-16H2,(H,24,27). The number of benzene rings is 2. The molecule has 3 aliphatic heterocycles. The molecule has 2 aromatic rings. The predicted molar refractivity (Wildman–Crippen MR) is 123 cm³/mol. The Kier molecular flexibility index (Phi) is 6.59. The third-order valence-corrected chi connectivity index (χ3v) is 7.98. The Morgan fingerprint density at radius 2 is 1.59 bits per heavy atom. The van der Waals surface area contributed by atoms with E-state index in [1.165, 1.54) is 10.4 Å². The largest absolute Gasteiger partial charge is 0.454 e. The molecule has 5 rings (SSSR count). The topological polar surface area (TPSA) is 107 Å². The van der Waals surface area contributed by atoms with Crippen LogP contribution < -0.4 is 19.7 Å². The summed E-state index contributed by atoms with van der Waals surface area (Å²) in [5.41, 5.74) is 1.72. The van der Waals surface area contributed by atoms with Crippen LogP contribution in [0.4, 0.5) is 5.69 Å². The summed E-state index contributed by atoms with van der Waals surface area (Å²) in [6.07, 6.45) is 0. The molecule has 0 bridgehead atoms. The molecule has 10 nitrogen and oxygen atoms in total. The van der Waals surface area contributed by atoms with Crippen molar-refractivity contribution in [1.82, 2.24) is 9.62 Å². The number of fused-ring (bicyclic) bond motifs is 1. The second kappa shape index (κ2) is 9.79. The van der Waals surface area contributed by atoms with Gasteiger partial charge in [-0.3, -0.25) is 4.79 Å². The van der Waals surface area contributed by atoms with Gasteiger partial charge in [0, 0.05) is 38.3 Å². The Bertz CT molecular complexity index is 1160. The highest BCUT2D eigenvalue weighted by Gasteiger charge is 2.31. The SMILES string of the molecule is O=C(NCc1ccc2c(c1)OCO2)c1ccc(N2CCOCC2)c(S(=O)(=O)N2CCOCC2)c1. The first-order valence-electron chi connectivity index (χ1n) is 11.2. The van der Waals surface area contributed by atoms with Gasteiger partial charge < -0.3 is 29.2 Å². The zero-order valence-electron chi connectivity index (χ0n) is 18.7. The van der Waals surface area contributed by atoms with E-state index in [-0.39, 0.29) is 42.8 Å². The molecular formula is C23H27N3O7S. The maximum Gasteiger partial charge on any atom is 0.251 e. The summed E-state index contributed by atoms with van der Waals surface area (Å²) in [5, 5.41) is 2.87. The fourth-order valence-electron chi connectivity index (χ4n) is 4.19. The number of carbonyl (C=O) groups excluding carboxylic acids is 1. The van der Waals surface area contributed by atoms with Crippen LogP contribution in [0.3, 0.4) is 0 Å². The lowest BCUT2D eigenvalue weighted by atomic mass is 10.1. The fourth-order valence-corrected chi connectivity index (χ4v) is 5.83. The van der Waals surface area contributed by atoms with Gasteiger partial charge in [-0.15, -0.1) is 0 Å². The third-order valence-electron chi connectivity index (χ3n) is 6.05. The van der Waals surface area contributed by atoms with E-state index >= 15 is 0 Å². The molecule has 1 N–H and O–H groups in total. The number of amides is 1. The van der Waals surface area contributed by atoms with Gasteiger partial charge in [-0.05, 0) is 35.9 Å². The van der Waals surface area contributed by atoms with Crippen molar-refractivity contribution in [2.24, 2.45) is 0 Å². The van der Waals surface area contributed by atoms with Crippen LogP contribution in [-0.4, -0.2) is 78.0 Å². The van der Waals surface area contributed by atoms with E-state index in [1.807, 2.05) is 17.0 Å². The zero-order valence-corrected chi connectivity index (χ0v) is 19.5. The molecule has 0 aromatic heterocycles. The molecule has 2 aromatic carbocycles. The van der Waals surface area contributed by atoms with Crippen LogP contribution in [0, 0.1) is 0 Å². The van der Waals surface area contributed by atoms with Crippen molar-refractivity contribution >= 4 is 21.6 Å². The maximum absolute atomic E-state index is 13.6. The fraction of sp³-hybridized carbons (Fsp3) is 0.435. The lowest BCUT2D eigenvalue weighted by Crippen LogP contribution is -2.42. The molecule has 11 heteroatoms. The summed E-state index contributed by atoms with van der Waals surface area (Å²) in [6, 6.07) is 10.3. The van der Waals surface area contributed by atoms with E-state index < -0.39 is 10.0 Å². The third kappa shape index (κ3) is 4.69. The first kappa shape index (κ1) is 22.9. The molecule has 2 saturated heterocycles. The van der Waals surface area contributed by atoms with Crippen LogP contribution in [-0.2, 0) is 26.0 Å². The van der Waals surface area contributed by atoms with Gasteiger partial charge in [0.25, 0.3) is 5.91 Å². The van der Waals surface area contributed by atoms with Gasteiger partial charge >= 0.3 is 0 Å². The maximum atomic E-state index is 13.6. The number of hydrogen-bond donors (Lipinski definition) is 1. The van der Waals surface area contributed by atoms with Gasteiger partial charge in [0.1, 0.15) is 4.90 Å². The van der Waals surface area contributed by atoms with E-state index in [9.17, 15) is 13.2 Å². The molecule has 1 amide bonds. The Labute approximate surface area is 198 Å². The van der Waals surface area contributed by atoms with Gasteiger partial charge in [0.05, 0.1) is 32.1 Å². The number of morpholine rings is 2. The number of rotatable bonds is 6. The van der Waals surface area contributed by atoms with Crippen molar-refractivity contribution in [3.63, 3.8) is 0 Å². The van der Waals surface area contributed by atoms with Crippen molar-refractivity contribution < 1.29 is 32.2 Å². The number of ether oxygens (including phenoxy) is 4. The first-order chi connectivity index (χ1) is 16.5. The number of sulfonamides is 1. The van der Waals surface area contributed by atoms with Crippen LogP contribution in [0.15, 0.2) is 41.3 Å². The molecule has 0 atom stereocenters. The highest BCUT2D eigenvalue weighted by atomic mass is 32.2. The van der Waals surface area contributed by atoms with Gasteiger partial charge in [-0.1, -0.05) is 6.07 Å². The zero-order chi connectivity index (χ0) is 23.5. The molecule has 0 saturated carbocycles. The summed E-state index contributed by atoms with van der Waals surface area (Å²) in [6.45, 7) is 3.93. The van der Waals surface area contributed by atoms with Crippen molar-refractivity contribution in [3.05, 3.63) is 47.5 Å². The van der Waals surface area contributed by atoms with Crippen molar-refractivity contribution in [1.29, 1.82) is 0 Å². The second-order valence-electron chi connectivity index (χ2n) is 8.17. The average molecular weight is 490 g/mol. The minimum atomic E-state index is -3.81. The van der Waals surface area contributed by atoms with E-state index in [0.29, 0.717) is 56.7 Å². The van der Waals surface area contributed by atoms with Crippen LogP contribution in [0.2, 0.25) is 0 Å². The number of nitrogens with one attached hydrogen (secondary N) is 1. The predicted octanol–water partition coefficient (Wildman–Crippen LogP) is 1.20. The highest BCUT2D eigenvalue weighted by Crippen LogP contribution is 2.33. The van der Waals surface area contributed by atoms with Gasteiger partial charge in [0.2, 0.25) is 16.8 Å². The van der Waals surface area contributed by atoms with Crippen molar-refractivity contribution in [3.8, 4) is 11.5 Å². The molecule has 0 spiro atoms. The molecule has 3 aliphatic rings. The molecule has 34 heavy (non-hydrogen) atoms. The molecule has 3 heterocycles. The lowest BCUT2D eigenvalue weighted by Gasteiger charge is -2.32. The monoisotopic (exact) mass is 489 g/mol. The summed E-state index contributed by atoms with van der Waals surface area (Å²) < 4.78 is 50.0. The van der Waals surface area contributed by atoms with E-state index in [2.05, 4.69) is 5.32 Å². The van der Waals surface area contributed by atoms with Gasteiger partial charge in [-0.25, -0.2) is 8.42 Å². The van der Waals surface area contributed by atoms with E-state index in [1.54, 1.807) is 18.2 Å². The summed E-state index contributed by atoms with van der Waals surface area (Å²) >= 11 is 0. The molecule has 2 fully saturated rings. The first-order valence-corrected chi connectivity index (χ1v) is 12.7. The quantitative estimate of drug-likeness (QED) is 0.645. The Morgan fingerprint density at radius 3 is 2.35 bits per heavy atom. The normalized spacial score (nSPS) is 18.6. The molecular weight excluding hydrogens is 462 g/mol.